The average Bonchev–Trinajstić information content (AvgIpc) is 3.11. The molecule has 0 aromatic heterocycles. The molecule has 0 aromatic carbocycles. The average molecular weight is 639 g/mol. The lowest BCUT2D eigenvalue weighted by Crippen LogP contribution is -2.66. The Hall–Kier alpha value is -0.529. The molecule has 7 nitrogen and oxygen atoms in total. The Morgan fingerprint density at radius 1 is 0.857 bits per heavy atom. The van der Waals surface area contributed by atoms with Gasteiger partial charge in [0.25, 0.3) is 0 Å². The molecular weight excluding hydrogens is 577 g/mol. The van der Waals surface area contributed by atoms with Gasteiger partial charge in [0, 0.05) is 11.5 Å². The van der Waals surface area contributed by atoms with Gasteiger partial charge in [-0.3, -0.25) is 0 Å². The molecule has 0 aliphatic heterocycles. The normalized spacial score (nSPS) is 40.4. The van der Waals surface area contributed by atoms with Crippen molar-refractivity contribution >= 4 is 36.4 Å². The zero-order chi connectivity index (χ0) is 31.4. The van der Waals surface area contributed by atoms with Crippen molar-refractivity contribution < 1.29 is 23.0 Å². The Morgan fingerprint density at radius 3 is 2.12 bits per heavy atom. The first-order chi connectivity index (χ1) is 19.3. The van der Waals surface area contributed by atoms with Crippen LogP contribution in [-0.4, -0.2) is 68.9 Å². The van der Waals surface area contributed by atoms with Gasteiger partial charge in [0.2, 0.25) is 0 Å². The summed E-state index contributed by atoms with van der Waals surface area (Å²) in [5.41, 5.74) is 1.83. The van der Waals surface area contributed by atoms with Crippen molar-refractivity contribution in [3.8, 4) is 0 Å². The van der Waals surface area contributed by atoms with Crippen LogP contribution in [-0.2, 0) is 23.0 Å². The van der Waals surface area contributed by atoms with E-state index in [2.05, 4.69) is 77.9 Å². The summed E-state index contributed by atoms with van der Waals surface area (Å²) in [5.74, 6) is 2.36. The third-order valence-electron chi connectivity index (χ3n) is 11.0. The second-order valence-corrected chi connectivity index (χ2v) is 30.6. The topological polar surface area (TPSA) is 70.9 Å². The second-order valence-electron chi connectivity index (χ2n) is 17.2. The molecule has 0 aromatic rings. The van der Waals surface area contributed by atoms with Crippen molar-refractivity contribution in [2.24, 2.45) is 44.8 Å². The molecule has 0 saturated heterocycles. The largest absolute Gasteiger partial charge is 0.414 e. The zero-order valence-corrected chi connectivity index (χ0v) is 32.2. The fraction of sp³-hybridized carbons (Fsp3) is 0.938. The molecule has 0 N–H and O–H groups in total. The van der Waals surface area contributed by atoms with E-state index in [1.807, 2.05) is 0 Å². The summed E-state index contributed by atoms with van der Waals surface area (Å²) in [6.45, 7) is 26.4. The predicted molar refractivity (Wildman–Crippen MR) is 181 cm³/mol. The van der Waals surface area contributed by atoms with Crippen LogP contribution in [0.15, 0.2) is 10.3 Å². The molecule has 42 heavy (non-hydrogen) atoms. The van der Waals surface area contributed by atoms with E-state index in [0.29, 0.717) is 30.3 Å². The molecule has 0 radical (unpaired) electrons. The summed E-state index contributed by atoms with van der Waals surface area (Å²) in [4.78, 5) is 10.8. The highest BCUT2D eigenvalue weighted by molar-refractivity contribution is 6.70. The number of hydrogen-bond donors (Lipinski definition) is 0. The number of hydrogen-bond acceptors (Lipinski definition) is 7. The fourth-order valence-electron chi connectivity index (χ4n) is 9.75. The van der Waals surface area contributed by atoms with Crippen molar-refractivity contribution in [1.82, 2.24) is 0 Å². The van der Waals surface area contributed by atoms with E-state index in [1.165, 1.54) is 25.0 Å². The smallest absolute Gasteiger partial charge is 0.185 e. The van der Waals surface area contributed by atoms with Gasteiger partial charge in [-0.15, -0.1) is 0 Å². The molecule has 4 fully saturated rings. The highest BCUT2D eigenvalue weighted by Crippen LogP contribution is 2.70. The maximum atomic E-state index is 7.46. The van der Waals surface area contributed by atoms with Crippen molar-refractivity contribution in [2.75, 3.05) is 20.8 Å². The van der Waals surface area contributed by atoms with Gasteiger partial charge < -0.3 is 23.0 Å². The lowest BCUT2D eigenvalue weighted by molar-refractivity contribution is -0.171. The van der Waals surface area contributed by atoms with Crippen molar-refractivity contribution in [1.29, 1.82) is 0 Å². The number of rotatable bonds is 10. The van der Waals surface area contributed by atoms with Crippen molar-refractivity contribution in [2.45, 2.75) is 136 Å². The van der Waals surface area contributed by atoms with E-state index in [4.69, 9.17) is 28.1 Å². The first-order valence-corrected chi connectivity index (χ1v) is 26.7. The van der Waals surface area contributed by atoms with Crippen LogP contribution in [0, 0.1) is 34.5 Å². The lowest BCUT2D eigenvalue weighted by Gasteiger charge is -2.64. The summed E-state index contributed by atoms with van der Waals surface area (Å²) in [7, 11) is -2.27. The van der Waals surface area contributed by atoms with E-state index in [1.54, 1.807) is 14.2 Å². The molecule has 4 saturated carbocycles. The molecule has 8 atom stereocenters. The van der Waals surface area contributed by atoms with Gasteiger partial charge in [0.15, 0.2) is 25.0 Å². The summed E-state index contributed by atoms with van der Waals surface area (Å²) in [6.07, 6.45) is 9.13. The summed E-state index contributed by atoms with van der Waals surface area (Å²) < 4.78 is 21.4. The number of fused-ring (bicyclic) bond motifs is 5. The van der Waals surface area contributed by atoms with Gasteiger partial charge in [-0.05, 0) is 139 Å². The molecule has 4 aliphatic carbocycles. The van der Waals surface area contributed by atoms with Crippen LogP contribution in [0.3, 0.4) is 0 Å². The highest BCUT2D eigenvalue weighted by Gasteiger charge is 2.70. The van der Waals surface area contributed by atoms with Crippen LogP contribution in [0.2, 0.25) is 58.9 Å². The monoisotopic (exact) mass is 638 g/mol. The Labute approximate surface area is 260 Å². The van der Waals surface area contributed by atoms with Gasteiger partial charge >= 0.3 is 0 Å². The molecule has 0 heterocycles. The van der Waals surface area contributed by atoms with Gasteiger partial charge in [-0.1, -0.05) is 24.2 Å². The van der Waals surface area contributed by atoms with Crippen molar-refractivity contribution in [3.63, 3.8) is 0 Å². The summed E-state index contributed by atoms with van der Waals surface area (Å²) in [5, 5.41) is 9.19. The Morgan fingerprint density at radius 2 is 1.55 bits per heavy atom. The maximum Gasteiger partial charge on any atom is 0.185 e. The van der Waals surface area contributed by atoms with Crippen molar-refractivity contribution in [3.05, 3.63) is 0 Å². The number of oxime groups is 2. The van der Waals surface area contributed by atoms with Crippen LogP contribution in [0.25, 0.3) is 0 Å². The molecule has 0 unspecified atom stereocenters. The van der Waals surface area contributed by atoms with E-state index < -0.39 is 30.6 Å². The lowest BCUT2D eigenvalue weighted by atomic mass is 9.43. The fourth-order valence-corrected chi connectivity index (χ4v) is 13.0. The number of nitrogens with zero attached hydrogens (tertiary/aromatic N) is 2. The van der Waals surface area contributed by atoms with Crippen LogP contribution < -0.4 is 0 Å². The Balaban J connectivity index is 1.82. The third kappa shape index (κ3) is 6.69. The van der Waals surface area contributed by atoms with Gasteiger partial charge in [-0.25, -0.2) is 0 Å². The minimum absolute atomic E-state index is 0.112. The molecule has 4 aliphatic rings. The zero-order valence-electron chi connectivity index (χ0n) is 29.2. The van der Waals surface area contributed by atoms with Crippen LogP contribution >= 0.6 is 0 Å². The quantitative estimate of drug-likeness (QED) is 0.137. The van der Waals surface area contributed by atoms with E-state index in [0.717, 1.165) is 37.8 Å². The van der Waals surface area contributed by atoms with Gasteiger partial charge in [-0.2, -0.15) is 0 Å². The molecule has 10 heteroatoms. The molecule has 0 bridgehead atoms. The predicted octanol–water partition coefficient (Wildman–Crippen LogP) is 8.31. The molecular formula is C32H62N2O5Si3. The van der Waals surface area contributed by atoms with Crippen LogP contribution in [0.5, 0.6) is 0 Å². The summed E-state index contributed by atoms with van der Waals surface area (Å²) in [6, 6.07) is 0. The molecule has 4 rings (SSSR count). The minimum Gasteiger partial charge on any atom is -0.414 e. The van der Waals surface area contributed by atoms with E-state index in [-0.39, 0.29) is 16.9 Å². The molecule has 0 spiro atoms. The maximum absolute atomic E-state index is 7.46. The Bertz CT molecular complexity index is 1030. The highest BCUT2D eigenvalue weighted by atomic mass is 28.4. The second kappa shape index (κ2) is 12.0. The van der Waals surface area contributed by atoms with Gasteiger partial charge in [0.05, 0.1) is 12.3 Å². The van der Waals surface area contributed by atoms with Gasteiger partial charge in [0.1, 0.15) is 25.5 Å². The summed E-state index contributed by atoms with van der Waals surface area (Å²) >= 11 is 0. The first-order valence-electron chi connectivity index (χ1n) is 16.5. The van der Waals surface area contributed by atoms with Crippen LogP contribution in [0.4, 0.5) is 0 Å². The molecule has 0 amide bonds. The Kier molecular flexibility index (Phi) is 9.82. The third-order valence-corrected chi connectivity index (χ3v) is 14.0. The van der Waals surface area contributed by atoms with E-state index in [9.17, 15) is 0 Å². The van der Waals surface area contributed by atoms with Crippen LogP contribution in [0.1, 0.15) is 65.2 Å². The molecule has 242 valence electrons. The minimum atomic E-state index is -1.99. The standard InChI is InChI=1S/C32H62N2O5Si3/c1-30-18-16-24(33-35-3)20-23(30)14-15-25-26-17-19-32(39-42(11,12)13,28(34-36-4)22-37-40(5,6)7)31(26,2)21-27(29(25)30)38-41(8,9)10/h23,25-27,29H,14-22H2,1-13H3/b33-24-,34-28-/t23-,25-,26-,27-,29+,30-,31-,32-/m0/s1. The first kappa shape index (κ1) is 34.3. The SMILES string of the molecule is CO/N=C1/CC[C@@]2(C)[C@@H](CC[C@@H]3[C@@H]2[C@@H](O[Si](C)(C)C)C[C@@]2(C)[C@H]3CC[C@]2(O[Si](C)(C)C)/C(CO[Si](C)(C)C)=N\OC)C1. The van der Waals surface area contributed by atoms with E-state index >= 15 is 0 Å².